The van der Waals surface area contributed by atoms with Crippen molar-refractivity contribution >= 4 is 17.4 Å². The summed E-state index contributed by atoms with van der Waals surface area (Å²) in [5, 5.41) is 16.1. The highest BCUT2D eigenvalue weighted by Gasteiger charge is 2.11. The maximum atomic E-state index is 8.71. The Hall–Kier alpha value is -2.21. The number of aryl methyl sites for hydroxylation is 1. The quantitative estimate of drug-likeness (QED) is 0.385. The number of hydrogen-bond donors (Lipinski definition) is 2. The second-order valence-corrected chi connectivity index (χ2v) is 4.01. The Morgan fingerprint density at radius 1 is 1.56 bits per heavy atom. The predicted octanol–water partition coefficient (Wildman–Crippen LogP) is 1.96. The fourth-order valence-corrected chi connectivity index (χ4v) is 1.59. The van der Waals surface area contributed by atoms with Gasteiger partial charge in [0.25, 0.3) is 0 Å². The molecule has 0 unspecified atom stereocenters. The van der Waals surface area contributed by atoms with Gasteiger partial charge in [-0.05, 0) is 12.1 Å². The fourth-order valence-electron chi connectivity index (χ4n) is 1.42. The smallest absolute Gasteiger partial charge is 0.173 e. The number of rotatable bonds is 3. The Labute approximate surface area is 108 Å². The second kappa shape index (κ2) is 4.97. The summed E-state index contributed by atoms with van der Waals surface area (Å²) in [6, 6.07) is 4.83. The summed E-state index contributed by atoms with van der Waals surface area (Å²) in [6.07, 6.45) is 3.24. The summed E-state index contributed by atoms with van der Waals surface area (Å²) in [7, 11) is 1.77. The van der Waals surface area contributed by atoms with Crippen LogP contribution in [0.15, 0.2) is 35.7 Å². The molecule has 1 heterocycles. The van der Waals surface area contributed by atoms with Gasteiger partial charge in [0.2, 0.25) is 0 Å². The minimum absolute atomic E-state index is 0.0504. The number of aromatic nitrogens is 2. The number of nitrogens with two attached hydrogens (primary N) is 1. The average Bonchev–Trinajstić information content (AvgIpc) is 2.74. The number of benzene rings is 1. The van der Waals surface area contributed by atoms with Crippen molar-refractivity contribution in [3.8, 4) is 11.5 Å². The second-order valence-electron chi connectivity index (χ2n) is 3.58. The van der Waals surface area contributed by atoms with Crippen molar-refractivity contribution in [2.75, 3.05) is 0 Å². The average molecular weight is 267 g/mol. The lowest BCUT2D eigenvalue weighted by Gasteiger charge is -2.08. The van der Waals surface area contributed by atoms with E-state index in [4.69, 9.17) is 27.3 Å². The van der Waals surface area contributed by atoms with E-state index < -0.39 is 0 Å². The molecule has 94 valence electrons. The van der Waals surface area contributed by atoms with E-state index in [9.17, 15) is 0 Å². The maximum Gasteiger partial charge on any atom is 0.173 e. The molecule has 1 aromatic carbocycles. The first-order valence-corrected chi connectivity index (χ1v) is 5.42. The predicted molar refractivity (Wildman–Crippen MR) is 67.2 cm³/mol. The third-order valence-electron chi connectivity index (χ3n) is 2.24. The van der Waals surface area contributed by atoms with Crippen molar-refractivity contribution in [2.45, 2.75) is 0 Å². The van der Waals surface area contributed by atoms with Crippen LogP contribution in [0.5, 0.6) is 11.5 Å². The topological polar surface area (TPSA) is 85.7 Å². The van der Waals surface area contributed by atoms with Gasteiger partial charge in [-0.3, -0.25) is 4.68 Å². The summed E-state index contributed by atoms with van der Waals surface area (Å²) in [5.41, 5.74) is 6.01. The Balaban J connectivity index is 2.39. The van der Waals surface area contributed by atoms with Crippen molar-refractivity contribution in [2.24, 2.45) is 17.9 Å². The first kappa shape index (κ1) is 12.3. The van der Waals surface area contributed by atoms with Crippen molar-refractivity contribution in [1.82, 2.24) is 9.78 Å². The molecule has 7 heteroatoms. The lowest BCUT2D eigenvalue weighted by Crippen LogP contribution is -2.14. The van der Waals surface area contributed by atoms with Crippen LogP contribution < -0.4 is 10.5 Å². The van der Waals surface area contributed by atoms with Crippen LogP contribution in [0, 0.1) is 0 Å². The minimum Gasteiger partial charge on any atom is -0.453 e. The highest BCUT2D eigenvalue weighted by molar-refractivity contribution is 6.30. The standard InChI is InChI=1S/C11H11ClN4O2/c1-16-6-8(5-14-16)18-10-4-7(12)2-3-9(10)11(13)15-17/h2-6,17H,1H3,(H2,13,15). The molecule has 0 saturated heterocycles. The molecule has 0 spiro atoms. The minimum atomic E-state index is -0.0504. The van der Waals surface area contributed by atoms with Crippen LogP contribution in [0.1, 0.15) is 5.56 Å². The number of amidine groups is 1. The molecule has 18 heavy (non-hydrogen) atoms. The number of hydrogen-bond acceptors (Lipinski definition) is 4. The van der Waals surface area contributed by atoms with Crippen LogP contribution in [0.25, 0.3) is 0 Å². The van der Waals surface area contributed by atoms with Gasteiger partial charge in [-0.2, -0.15) is 5.10 Å². The van der Waals surface area contributed by atoms with Crippen LogP contribution in [0.3, 0.4) is 0 Å². The van der Waals surface area contributed by atoms with Gasteiger partial charge in [0.1, 0.15) is 5.75 Å². The van der Waals surface area contributed by atoms with E-state index in [1.54, 1.807) is 42.3 Å². The lowest BCUT2D eigenvalue weighted by atomic mass is 10.2. The molecular weight excluding hydrogens is 256 g/mol. The molecule has 0 atom stereocenters. The molecular formula is C11H11ClN4O2. The highest BCUT2D eigenvalue weighted by Crippen LogP contribution is 2.28. The Morgan fingerprint density at radius 2 is 2.33 bits per heavy atom. The van der Waals surface area contributed by atoms with Gasteiger partial charge in [-0.1, -0.05) is 16.8 Å². The molecule has 0 saturated carbocycles. The molecule has 2 rings (SSSR count). The van der Waals surface area contributed by atoms with Gasteiger partial charge >= 0.3 is 0 Å². The van der Waals surface area contributed by atoms with Crippen LogP contribution >= 0.6 is 11.6 Å². The van der Waals surface area contributed by atoms with Crippen LogP contribution in [-0.4, -0.2) is 20.8 Å². The van der Waals surface area contributed by atoms with Gasteiger partial charge in [0.05, 0.1) is 18.0 Å². The first-order valence-electron chi connectivity index (χ1n) is 5.04. The van der Waals surface area contributed by atoms with Gasteiger partial charge in [0, 0.05) is 18.1 Å². The van der Waals surface area contributed by atoms with Crippen LogP contribution in [-0.2, 0) is 7.05 Å². The van der Waals surface area contributed by atoms with E-state index in [1.165, 1.54) is 0 Å². The first-order chi connectivity index (χ1) is 8.60. The summed E-state index contributed by atoms with van der Waals surface area (Å²) in [6.45, 7) is 0. The normalized spacial score (nSPS) is 11.6. The van der Waals surface area contributed by atoms with Crippen molar-refractivity contribution in [3.05, 3.63) is 41.2 Å². The Kier molecular flexibility index (Phi) is 3.38. The monoisotopic (exact) mass is 266 g/mol. The number of oxime groups is 1. The number of ether oxygens (including phenoxy) is 1. The molecule has 0 amide bonds. The largest absolute Gasteiger partial charge is 0.453 e. The fraction of sp³-hybridized carbons (Fsp3) is 0.0909. The Morgan fingerprint density at radius 3 is 2.94 bits per heavy atom. The van der Waals surface area contributed by atoms with Crippen LogP contribution in [0.4, 0.5) is 0 Å². The summed E-state index contributed by atoms with van der Waals surface area (Å²) < 4.78 is 7.19. The van der Waals surface area contributed by atoms with Gasteiger partial charge < -0.3 is 15.7 Å². The maximum absolute atomic E-state index is 8.71. The molecule has 0 aliphatic rings. The molecule has 0 fully saturated rings. The molecule has 2 aromatic rings. The molecule has 6 nitrogen and oxygen atoms in total. The Bertz CT molecular complexity index is 594. The summed E-state index contributed by atoms with van der Waals surface area (Å²) >= 11 is 5.89. The number of nitrogens with zero attached hydrogens (tertiary/aromatic N) is 3. The van der Waals surface area contributed by atoms with Crippen molar-refractivity contribution < 1.29 is 9.94 Å². The van der Waals surface area contributed by atoms with Crippen molar-refractivity contribution in [1.29, 1.82) is 0 Å². The van der Waals surface area contributed by atoms with E-state index in [2.05, 4.69) is 10.3 Å². The zero-order valence-corrected chi connectivity index (χ0v) is 10.3. The van der Waals surface area contributed by atoms with Crippen molar-refractivity contribution in [3.63, 3.8) is 0 Å². The zero-order chi connectivity index (χ0) is 13.1. The molecule has 0 bridgehead atoms. The van der Waals surface area contributed by atoms with E-state index in [-0.39, 0.29) is 5.84 Å². The van der Waals surface area contributed by atoms with E-state index in [1.807, 2.05) is 0 Å². The van der Waals surface area contributed by atoms with E-state index >= 15 is 0 Å². The molecule has 3 N–H and O–H groups in total. The molecule has 1 aromatic heterocycles. The van der Waals surface area contributed by atoms with Crippen LogP contribution in [0.2, 0.25) is 5.02 Å². The van der Waals surface area contributed by atoms with Gasteiger partial charge in [-0.25, -0.2) is 0 Å². The third-order valence-corrected chi connectivity index (χ3v) is 2.47. The molecule has 0 aliphatic carbocycles. The summed E-state index contributed by atoms with van der Waals surface area (Å²) in [4.78, 5) is 0. The van der Waals surface area contributed by atoms with E-state index in [0.717, 1.165) is 0 Å². The molecule has 0 aliphatic heterocycles. The molecule has 0 radical (unpaired) electrons. The zero-order valence-electron chi connectivity index (χ0n) is 9.54. The SMILES string of the molecule is Cn1cc(Oc2cc(Cl)ccc2/C(N)=N/O)cn1. The van der Waals surface area contributed by atoms with E-state index in [0.29, 0.717) is 22.1 Å². The highest BCUT2D eigenvalue weighted by atomic mass is 35.5. The number of halogens is 1. The summed E-state index contributed by atoms with van der Waals surface area (Å²) in [5.74, 6) is 0.878. The van der Waals surface area contributed by atoms with Gasteiger partial charge in [0.15, 0.2) is 11.6 Å². The lowest BCUT2D eigenvalue weighted by molar-refractivity contribution is 0.318. The third kappa shape index (κ3) is 2.54. The van der Waals surface area contributed by atoms with Gasteiger partial charge in [-0.15, -0.1) is 0 Å².